The monoisotopic (exact) mass is 512 g/mol. The van der Waals surface area contributed by atoms with Gasteiger partial charge in [0.15, 0.2) is 5.00 Å². The van der Waals surface area contributed by atoms with Gasteiger partial charge in [-0.2, -0.15) is 0 Å². The molecule has 0 spiro atoms. The zero-order valence-corrected chi connectivity index (χ0v) is 19.8. The molecule has 0 aliphatic carbocycles. The Balaban J connectivity index is 0.000000499. The molecule has 34 heavy (non-hydrogen) atoms. The number of aromatic nitrogens is 1. The third-order valence-corrected chi connectivity index (χ3v) is 6.82. The topological polar surface area (TPSA) is 125 Å². The summed E-state index contributed by atoms with van der Waals surface area (Å²) in [7, 11) is -4.94. The van der Waals surface area contributed by atoms with Crippen molar-refractivity contribution in [1.29, 1.82) is 0 Å². The second-order valence-electron chi connectivity index (χ2n) is 6.93. The van der Waals surface area contributed by atoms with Crippen molar-refractivity contribution in [2.75, 3.05) is 5.32 Å². The third-order valence-electron chi connectivity index (χ3n) is 4.70. The fourth-order valence-electron chi connectivity index (χ4n) is 3.34. The standard InChI is InChI=1S/C24H16N2OS2.ClHO4/c27-22(19-14-8-3-9-15-19)25-23-21(18-12-6-2-7-13-18)26-20(16-28-24(26)29-23)17-10-4-1-5-11-17;2-1(3,4)5/h1-16H;(H,2,3,4,5). The number of halogens is 1. The molecule has 1 N–H and O–H groups in total. The Kier molecular flexibility index (Phi) is 7.35. The molecule has 3 aromatic carbocycles. The Morgan fingerprint density at radius 3 is 1.82 bits per heavy atom. The number of anilines is 1. The van der Waals surface area contributed by atoms with E-state index in [1.54, 1.807) is 22.7 Å². The maximum absolute atomic E-state index is 12.8. The van der Waals surface area contributed by atoms with E-state index in [1.807, 2.05) is 66.7 Å². The summed E-state index contributed by atoms with van der Waals surface area (Å²) in [6.07, 6.45) is 0. The van der Waals surface area contributed by atoms with Crippen LogP contribution in [0.5, 0.6) is 0 Å². The van der Waals surface area contributed by atoms with E-state index < -0.39 is 10.2 Å². The zero-order valence-electron chi connectivity index (χ0n) is 17.4. The molecule has 1 amide bonds. The minimum atomic E-state index is -4.94. The first kappa shape index (κ1) is 24.0. The van der Waals surface area contributed by atoms with Gasteiger partial charge in [-0.25, -0.2) is 18.6 Å². The molecule has 5 aromatic rings. The highest BCUT2D eigenvalue weighted by Gasteiger charge is 2.29. The first-order valence-corrected chi connectivity index (χ1v) is 12.8. The van der Waals surface area contributed by atoms with E-state index in [0.717, 1.165) is 31.7 Å². The number of carbonyl (C=O) groups is 1. The minimum Gasteiger partial charge on any atom is -0.308 e. The molecule has 0 saturated heterocycles. The van der Waals surface area contributed by atoms with Crippen LogP contribution in [0.1, 0.15) is 10.4 Å². The highest BCUT2D eigenvalue weighted by Crippen LogP contribution is 2.37. The van der Waals surface area contributed by atoms with Gasteiger partial charge in [0.1, 0.15) is 0 Å². The highest BCUT2D eigenvalue weighted by atomic mass is 35.7. The minimum absolute atomic E-state index is 0.0986. The van der Waals surface area contributed by atoms with E-state index in [0.29, 0.717) is 5.56 Å². The lowest BCUT2D eigenvalue weighted by Gasteiger charge is -2.17. The lowest BCUT2D eigenvalue weighted by Crippen LogP contribution is -2.68. The van der Waals surface area contributed by atoms with Crippen LogP contribution in [0.25, 0.3) is 26.7 Å². The Bertz CT molecular complexity index is 1380. The number of amides is 1. The molecule has 0 atom stereocenters. The summed E-state index contributed by atoms with van der Waals surface area (Å²) in [4.78, 5) is 12.8. The summed E-state index contributed by atoms with van der Waals surface area (Å²) < 4.78 is 37.4. The Morgan fingerprint density at radius 1 is 0.765 bits per heavy atom. The average molecular weight is 513 g/mol. The maximum Gasteiger partial charge on any atom is 0.328 e. The summed E-state index contributed by atoms with van der Waals surface area (Å²) in [5, 5.41) is 6.18. The van der Waals surface area contributed by atoms with Crippen LogP contribution in [0.2, 0.25) is 0 Å². The van der Waals surface area contributed by atoms with Crippen molar-refractivity contribution in [3.63, 3.8) is 0 Å². The van der Waals surface area contributed by atoms with Gasteiger partial charge in [-0.3, -0.25) is 4.79 Å². The number of fused-ring (bicyclic) bond motifs is 1. The van der Waals surface area contributed by atoms with Gasteiger partial charge in [-0.05, 0) is 47.7 Å². The molecule has 2 aromatic heterocycles. The van der Waals surface area contributed by atoms with Crippen LogP contribution in [0.4, 0.5) is 5.00 Å². The number of nitrogens with zero attached hydrogens (tertiary/aromatic N) is 1. The summed E-state index contributed by atoms with van der Waals surface area (Å²) in [6.45, 7) is 0. The fourth-order valence-corrected chi connectivity index (χ4v) is 5.58. The number of hydrogen-bond acceptors (Lipinski definition) is 7. The molecule has 172 valence electrons. The third kappa shape index (κ3) is 5.85. The van der Waals surface area contributed by atoms with Crippen molar-refractivity contribution in [3.05, 3.63) is 102 Å². The second-order valence-corrected chi connectivity index (χ2v) is 9.80. The molecule has 0 aliphatic rings. The van der Waals surface area contributed by atoms with Crippen LogP contribution < -0.4 is 28.4 Å². The van der Waals surface area contributed by atoms with Crippen LogP contribution in [0.3, 0.4) is 0 Å². The summed E-state index contributed by atoms with van der Waals surface area (Å²) in [5.41, 5.74) is 5.01. The van der Waals surface area contributed by atoms with Crippen LogP contribution in [0, 0.1) is 10.2 Å². The Hall–Kier alpha value is -3.15. The van der Waals surface area contributed by atoms with Gasteiger partial charge in [0.05, 0.1) is 5.38 Å². The summed E-state index contributed by atoms with van der Waals surface area (Å²) >= 11 is 3.30. The molecular formula is C24H17ClN2O5S2. The van der Waals surface area contributed by atoms with E-state index in [2.05, 4.69) is 39.4 Å². The number of nitrogens with one attached hydrogen (secondary N) is 1. The molecule has 7 nitrogen and oxygen atoms in total. The van der Waals surface area contributed by atoms with E-state index in [4.69, 9.17) is 18.6 Å². The SMILES string of the molecule is O=C(Nc1sc2scc(-c3ccccc3)[n+]2c1-c1ccccc1)c1ccccc1.[O-][Cl+3]([O-])([O-])[O-]. The summed E-state index contributed by atoms with van der Waals surface area (Å²) in [6, 6.07) is 29.9. The predicted octanol–water partition coefficient (Wildman–Crippen LogP) is 1.38. The van der Waals surface area contributed by atoms with Crippen molar-refractivity contribution in [1.82, 2.24) is 0 Å². The van der Waals surface area contributed by atoms with E-state index in [-0.39, 0.29) is 5.91 Å². The van der Waals surface area contributed by atoms with Gasteiger partial charge in [-0.15, -0.1) is 14.6 Å². The largest absolute Gasteiger partial charge is 0.328 e. The van der Waals surface area contributed by atoms with Crippen molar-refractivity contribution < 1.29 is 38.1 Å². The van der Waals surface area contributed by atoms with E-state index in [9.17, 15) is 4.79 Å². The molecule has 10 heteroatoms. The van der Waals surface area contributed by atoms with Crippen molar-refractivity contribution in [2.24, 2.45) is 0 Å². The molecular weight excluding hydrogens is 496 g/mol. The Labute approximate surface area is 205 Å². The van der Waals surface area contributed by atoms with Crippen LogP contribution in [0.15, 0.2) is 96.4 Å². The highest BCUT2D eigenvalue weighted by molar-refractivity contribution is 7.37. The first-order chi connectivity index (χ1) is 16.3. The molecule has 0 bridgehead atoms. The fraction of sp³-hybridized carbons (Fsp3) is 0. The molecule has 0 unspecified atom stereocenters. The van der Waals surface area contributed by atoms with Gasteiger partial charge >= 0.3 is 4.14 Å². The van der Waals surface area contributed by atoms with Gasteiger partial charge in [0, 0.05) is 16.7 Å². The molecule has 0 radical (unpaired) electrons. The van der Waals surface area contributed by atoms with Crippen molar-refractivity contribution in [3.8, 4) is 22.5 Å². The maximum atomic E-state index is 12.8. The molecule has 0 fully saturated rings. The van der Waals surface area contributed by atoms with E-state index in [1.165, 1.54) is 0 Å². The van der Waals surface area contributed by atoms with Crippen LogP contribution in [-0.2, 0) is 0 Å². The van der Waals surface area contributed by atoms with Gasteiger partial charge < -0.3 is 5.32 Å². The van der Waals surface area contributed by atoms with Gasteiger partial charge in [0.2, 0.25) is 5.69 Å². The number of thiazole rings is 2. The molecule has 0 aliphatic heterocycles. The Morgan fingerprint density at radius 2 is 1.26 bits per heavy atom. The predicted molar refractivity (Wildman–Crippen MR) is 121 cm³/mol. The van der Waals surface area contributed by atoms with Gasteiger partial charge in [0.25, 0.3) is 11.6 Å². The molecule has 0 saturated carbocycles. The normalized spacial score (nSPS) is 11.1. The van der Waals surface area contributed by atoms with Gasteiger partial charge in [-0.1, -0.05) is 65.9 Å². The lowest BCUT2D eigenvalue weighted by atomic mass is 10.1. The first-order valence-electron chi connectivity index (χ1n) is 9.86. The zero-order chi connectivity index (χ0) is 24.1. The van der Waals surface area contributed by atoms with Crippen LogP contribution >= 0.6 is 22.7 Å². The average Bonchev–Trinajstić information content (AvgIpc) is 3.38. The quantitative estimate of drug-likeness (QED) is 0.364. The number of benzene rings is 3. The molecule has 2 heterocycles. The smallest absolute Gasteiger partial charge is 0.308 e. The number of rotatable bonds is 4. The number of hydrogen-bond donors (Lipinski definition) is 1. The number of carbonyl (C=O) groups excluding carboxylic acids is 1. The van der Waals surface area contributed by atoms with Crippen molar-refractivity contribution in [2.45, 2.75) is 0 Å². The lowest BCUT2D eigenvalue weighted by molar-refractivity contribution is -2.00. The van der Waals surface area contributed by atoms with Crippen LogP contribution in [-0.4, -0.2) is 5.91 Å². The van der Waals surface area contributed by atoms with E-state index >= 15 is 0 Å². The molecule has 5 rings (SSSR count). The second kappa shape index (κ2) is 10.4. The summed E-state index contributed by atoms with van der Waals surface area (Å²) in [5.74, 6) is -0.0986. The van der Waals surface area contributed by atoms with Crippen molar-refractivity contribution >= 4 is 37.7 Å².